The Labute approximate surface area is 275 Å². The van der Waals surface area contributed by atoms with E-state index in [0.29, 0.717) is 11.4 Å². The van der Waals surface area contributed by atoms with E-state index in [4.69, 9.17) is 23.2 Å². The molecule has 0 unspecified atom stereocenters. The molecule has 4 rings (SSSR count). The number of nitrogens with zero attached hydrogens (tertiary/aromatic N) is 2. The van der Waals surface area contributed by atoms with Crippen molar-refractivity contribution in [2.45, 2.75) is 57.1 Å². The van der Waals surface area contributed by atoms with Crippen LogP contribution in [0.5, 0.6) is 0 Å². The molecule has 0 radical (unpaired) electrons. The number of hydrogen-bond acceptors (Lipinski definition) is 4. The van der Waals surface area contributed by atoms with Crippen molar-refractivity contribution >= 4 is 50.7 Å². The molecule has 2 atom stereocenters. The third-order valence-electron chi connectivity index (χ3n) is 7.55. The van der Waals surface area contributed by atoms with E-state index in [1.54, 1.807) is 60.7 Å². The maximum absolute atomic E-state index is 14.5. The summed E-state index contributed by atoms with van der Waals surface area (Å²) in [6.07, 6.45) is 0.920. The number of sulfonamides is 1. The zero-order valence-electron chi connectivity index (χ0n) is 25.5. The molecule has 1 N–H and O–H groups in total. The molecule has 4 aromatic carbocycles. The van der Waals surface area contributed by atoms with Crippen LogP contribution in [-0.2, 0) is 32.6 Å². The van der Waals surface area contributed by atoms with E-state index in [9.17, 15) is 18.0 Å². The number of para-hydroxylation sites is 1. The molecule has 4 aromatic rings. The van der Waals surface area contributed by atoms with E-state index >= 15 is 0 Å². The minimum atomic E-state index is -4.24. The molecule has 0 aliphatic heterocycles. The van der Waals surface area contributed by atoms with E-state index in [2.05, 4.69) is 5.32 Å². The fourth-order valence-corrected chi connectivity index (χ4v) is 6.63. The fraction of sp³-hybridized carbons (Fsp3) is 0.257. The lowest BCUT2D eigenvalue weighted by Gasteiger charge is -2.34. The zero-order chi connectivity index (χ0) is 32.6. The van der Waals surface area contributed by atoms with Crippen molar-refractivity contribution in [2.75, 3.05) is 10.8 Å². The molecule has 2 amide bonds. The molecule has 7 nitrogen and oxygen atoms in total. The van der Waals surface area contributed by atoms with Crippen LogP contribution in [0.3, 0.4) is 0 Å². The molecule has 0 saturated carbocycles. The van der Waals surface area contributed by atoms with E-state index in [0.717, 1.165) is 21.0 Å². The van der Waals surface area contributed by atoms with Gasteiger partial charge in [0, 0.05) is 24.0 Å². The summed E-state index contributed by atoms with van der Waals surface area (Å²) in [6, 6.07) is 28.2. The van der Waals surface area contributed by atoms with Crippen molar-refractivity contribution in [2.24, 2.45) is 0 Å². The summed E-state index contributed by atoms with van der Waals surface area (Å²) in [4.78, 5) is 29.9. The highest BCUT2D eigenvalue weighted by Crippen LogP contribution is 2.31. The van der Waals surface area contributed by atoms with Crippen LogP contribution in [0, 0.1) is 6.92 Å². The second-order valence-corrected chi connectivity index (χ2v) is 13.7. The SMILES string of the molecule is CC[C@@H](C)NC(=O)[C@@H](Cc1ccccc1)N(Cc1ccc(Cl)cc1)C(=O)CN(c1ccccc1Cl)S(=O)(=O)c1ccc(C)cc1. The van der Waals surface area contributed by atoms with Crippen LogP contribution in [0.2, 0.25) is 10.0 Å². The Hall–Kier alpha value is -3.85. The number of anilines is 1. The van der Waals surface area contributed by atoms with Gasteiger partial charge in [0.25, 0.3) is 10.0 Å². The normalized spacial score (nSPS) is 12.6. The maximum Gasteiger partial charge on any atom is 0.264 e. The van der Waals surface area contributed by atoms with Crippen molar-refractivity contribution in [1.29, 1.82) is 0 Å². The first-order valence-corrected chi connectivity index (χ1v) is 16.9. The van der Waals surface area contributed by atoms with Crippen LogP contribution >= 0.6 is 23.2 Å². The first kappa shape index (κ1) is 34.0. The predicted molar refractivity (Wildman–Crippen MR) is 181 cm³/mol. The first-order valence-electron chi connectivity index (χ1n) is 14.7. The minimum absolute atomic E-state index is 0.0143. The Kier molecular flexibility index (Phi) is 11.7. The summed E-state index contributed by atoms with van der Waals surface area (Å²) in [5, 5.41) is 3.72. The van der Waals surface area contributed by atoms with Crippen LogP contribution in [0.1, 0.15) is 37.0 Å². The lowest BCUT2D eigenvalue weighted by Crippen LogP contribution is -2.54. The van der Waals surface area contributed by atoms with Crippen molar-refractivity contribution in [1.82, 2.24) is 10.2 Å². The quantitative estimate of drug-likeness (QED) is 0.166. The Morgan fingerprint density at radius 3 is 2.07 bits per heavy atom. The van der Waals surface area contributed by atoms with Gasteiger partial charge in [-0.25, -0.2) is 8.42 Å². The van der Waals surface area contributed by atoms with Gasteiger partial charge in [0.1, 0.15) is 12.6 Å². The topological polar surface area (TPSA) is 86.8 Å². The van der Waals surface area contributed by atoms with Crippen LogP contribution < -0.4 is 9.62 Å². The van der Waals surface area contributed by atoms with Crippen molar-refractivity contribution in [3.63, 3.8) is 0 Å². The summed E-state index contributed by atoms with van der Waals surface area (Å²) in [7, 11) is -4.24. The van der Waals surface area contributed by atoms with Crippen LogP contribution in [0.4, 0.5) is 5.69 Å². The average Bonchev–Trinajstić information content (AvgIpc) is 3.03. The molecule has 0 bridgehead atoms. The smallest absolute Gasteiger partial charge is 0.264 e. The lowest BCUT2D eigenvalue weighted by molar-refractivity contribution is -0.140. The molecule has 0 heterocycles. The molecule has 0 saturated heterocycles. The van der Waals surface area contributed by atoms with Gasteiger partial charge in [-0.05, 0) is 67.8 Å². The standard InChI is InChI=1S/C35H37Cl2N3O4S/c1-4-26(3)38-35(42)33(22-27-10-6-5-7-11-27)39(23-28-16-18-29(36)19-17-28)34(41)24-40(32-13-9-8-12-31(32)37)45(43,44)30-20-14-25(2)15-21-30/h5-21,26,33H,4,22-24H2,1-3H3,(H,38,42)/t26-,33-/m1/s1. The van der Waals surface area contributed by atoms with E-state index in [1.807, 2.05) is 51.1 Å². The summed E-state index contributed by atoms with van der Waals surface area (Å²) < 4.78 is 29.3. The summed E-state index contributed by atoms with van der Waals surface area (Å²) in [6.45, 7) is 5.18. The van der Waals surface area contributed by atoms with E-state index in [-0.39, 0.29) is 40.5 Å². The molecule has 10 heteroatoms. The second-order valence-electron chi connectivity index (χ2n) is 10.9. The fourth-order valence-electron chi connectivity index (χ4n) is 4.79. The van der Waals surface area contributed by atoms with Gasteiger partial charge in [0.05, 0.1) is 15.6 Å². The Morgan fingerprint density at radius 2 is 1.44 bits per heavy atom. The van der Waals surface area contributed by atoms with Gasteiger partial charge >= 0.3 is 0 Å². The average molecular weight is 667 g/mol. The largest absolute Gasteiger partial charge is 0.352 e. The number of benzene rings is 4. The van der Waals surface area contributed by atoms with Crippen LogP contribution in [0.25, 0.3) is 0 Å². The Morgan fingerprint density at radius 1 is 0.822 bits per heavy atom. The number of rotatable bonds is 13. The number of hydrogen-bond donors (Lipinski definition) is 1. The van der Waals surface area contributed by atoms with Gasteiger partial charge in [-0.2, -0.15) is 0 Å². The van der Waals surface area contributed by atoms with Crippen LogP contribution in [-0.4, -0.2) is 43.8 Å². The van der Waals surface area contributed by atoms with Gasteiger partial charge in [-0.1, -0.05) is 102 Å². The van der Waals surface area contributed by atoms with Crippen molar-refractivity contribution in [3.8, 4) is 0 Å². The first-order chi connectivity index (χ1) is 21.5. The number of halogens is 2. The van der Waals surface area contributed by atoms with Crippen molar-refractivity contribution < 1.29 is 18.0 Å². The third kappa shape index (κ3) is 8.87. The molecule has 45 heavy (non-hydrogen) atoms. The minimum Gasteiger partial charge on any atom is -0.352 e. The molecule has 0 spiro atoms. The number of carbonyl (C=O) groups is 2. The highest BCUT2D eigenvalue weighted by Gasteiger charge is 2.35. The van der Waals surface area contributed by atoms with Crippen LogP contribution in [0.15, 0.2) is 108 Å². The summed E-state index contributed by atoms with van der Waals surface area (Å²) in [5.41, 5.74) is 2.63. The number of amides is 2. The highest BCUT2D eigenvalue weighted by molar-refractivity contribution is 7.92. The lowest BCUT2D eigenvalue weighted by atomic mass is 10.0. The van der Waals surface area contributed by atoms with Gasteiger partial charge in [-0.15, -0.1) is 0 Å². The second kappa shape index (κ2) is 15.4. The predicted octanol–water partition coefficient (Wildman–Crippen LogP) is 7.05. The molecule has 236 valence electrons. The van der Waals surface area contributed by atoms with Gasteiger partial charge in [-0.3, -0.25) is 13.9 Å². The number of nitrogens with one attached hydrogen (secondary N) is 1. The molecule has 0 fully saturated rings. The van der Waals surface area contributed by atoms with Gasteiger partial charge in [0.2, 0.25) is 11.8 Å². The van der Waals surface area contributed by atoms with E-state index in [1.165, 1.54) is 17.0 Å². The van der Waals surface area contributed by atoms with Gasteiger partial charge < -0.3 is 10.2 Å². The molecule has 0 aliphatic rings. The molecule has 0 aliphatic carbocycles. The number of aryl methyl sites for hydroxylation is 1. The molecular formula is C35H37Cl2N3O4S. The zero-order valence-corrected chi connectivity index (χ0v) is 27.8. The summed E-state index contributed by atoms with van der Waals surface area (Å²) in [5.74, 6) is -0.901. The maximum atomic E-state index is 14.5. The molecule has 0 aromatic heterocycles. The summed E-state index contributed by atoms with van der Waals surface area (Å²) >= 11 is 12.7. The van der Waals surface area contributed by atoms with Gasteiger partial charge in [0.15, 0.2) is 0 Å². The highest BCUT2D eigenvalue weighted by atomic mass is 35.5. The molecular weight excluding hydrogens is 629 g/mol. The van der Waals surface area contributed by atoms with Crippen molar-refractivity contribution in [3.05, 3.63) is 130 Å². The third-order valence-corrected chi connectivity index (χ3v) is 9.89. The van der Waals surface area contributed by atoms with E-state index < -0.39 is 28.5 Å². The Balaban J connectivity index is 1.81. The number of carbonyl (C=O) groups excluding carboxylic acids is 2. The Bertz CT molecular complexity index is 1700. The monoisotopic (exact) mass is 665 g/mol.